The highest BCUT2D eigenvalue weighted by Crippen LogP contribution is 2.11. The molecule has 0 radical (unpaired) electrons. The zero-order valence-electron chi connectivity index (χ0n) is 12.4. The molecule has 1 fully saturated rings. The highest BCUT2D eigenvalue weighted by Gasteiger charge is 2.16. The largest absolute Gasteiger partial charge is 0.481 e. The molecule has 1 heterocycles. The van der Waals surface area contributed by atoms with Crippen LogP contribution in [-0.4, -0.2) is 65.3 Å². The molecule has 1 aromatic rings. The fraction of sp³-hybridized carbons (Fsp3) is 0.562. The molecule has 1 aliphatic rings. The van der Waals surface area contributed by atoms with Crippen LogP contribution in [0.4, 0.5) is 0 Å². The number of hydrogen-bond donors (Lipinski definition) is 2. The molecular weight excluding hydrogens is 268 g/mol. The van der Waals surface area contributed by atoms with Crippen molar-refractivity contribution in [3.63, 3.8) is 0 Å². The molecule has 0 atom stereocenters. The van der Waals surface area contributed by atoms with Crippen LogP contribution in [-0.2, 0) is 17.8 Å². The van der Waals surface area contributed by atoms with Gasteiger partial charge in [-0.25, -0.2) is 0 Å². The third-order valence-corrected chi connectivity index (χ3v) is 3.94. The summed E-state index contributed by atoms with van der Waals surface area (Å²) in [5.41, 5.74) is 2.35. The summed E-state index contributed by atoms with van der Waals surface area (Å²) in [7, 11) is 0. The van der Waals surface area contributed by atoms with Gasteiger partial charge in [0.25, 0.3) is 0 Å². The summed E-state index contributed by atoms with van der Waals surface area (Å²) in [5.74, 6) is -0.750. The molecule has 2 rings (SSSR count). The Morgan fingerprint density at radius 2 is 1.57 bits per heavy atom. The van der Waals surface area contributed by atoms with E-state index in [1.807, 2.05) is 12.1 Å². The van der Waals surface area contributed by atoms with Gasteiger partial charge in [0.15, 0.2) is 0 Å². The van der Waals surface area contributed by atoms with Crippen LogP contribution in [0.1, 0.15) is 17.5 Å². The van der Waals surface area contributed by atoms with Crippen LogP contribution in [0.5, 0.6) is 0 Å². The molecular formula is C16H24N2O3. The van der Waals surface area contributed by atoms with E-state index in [4.69, 9.17) is 10.2 Å². The van der Waals surface area contributed by atoms with Crippen molar-refractivity contribution in [1.29, 1.82) is 0 Å². The molecule has 1 aromatic carbocycles. The van der Waals surface area contributed by atoms with Crippen molar-refractivity contribution in [2.45, 2.75) is 19.4 Å². The number of hydrogen-bond acceptors (Lipinski definition) is 4. The molecule has 2 N–H and O–H groups in total. The normalized spacial score (nSPS) is 17.0. The quantitative estimate of drug-likeness (QED) is 0.779. The fourth-order valence-corrected chi connectivity index (χ4v) is 2.63. The Hall–Kier alpha value is -1.43. The molecule has 0 unspecified atom stereocenters. The summed E-state index contributed by atoms with van der Waals surface area (Å²) >= 11 is 0. The van der Waals surface area contributed by atoms with Crippen molar-refractivity contribution < 1.29 is 15.0 Å². The van der Waals surface area contributed by atoms with E-state index < -0.39 is 5.97 Å². The number of benzene rings is 1. The Labute approximate surface area is 125 Å². The number of aliphatic hydroxyl groups is 1. The van der Waals surface area contributed by atoms with Crippen molar-refractivity contribution in [2.24, 2.45) is 0 Å². The van der Waals surface area contributed by atoms with Crippen molar-refractivity contribution in [3.8, 4) is 0 Å². The van der Waals surface area contributed by atoms with Crippen molar-refractivity contribution >= 4 is 5.97 Å². The SMILES string of the molecule is O=C(O)CCc1ccc(CN2CCN(CCO)CC2)cc1. The van der Waals surface area contributed by atoms with Crippen molar-refractivity contribution in [2.75, 3.05) is 39.3 Å². The zero-order chi connectivity index (χ0) is 15.1. The zero-order valence-corrected chi connectivity index (χ0v) is 12.4. The number of piperazine rings is 1. The molecule has 0 amide bonds. The standard InChI is InChI=1S/C16H24N2O3/c19-12-11-17-7-9-18(10-8-17)13-15-3-1-14(2-4-15)5-6-16(20)21/h1-4,19H,5-13H2,(H,20,21). The van der Waals surface area contributed by atoms with Crippen LogP contribution in [0.2, 0.25) is 0 Å². The second-order valence-electron chi connectivity index (χ2n) is 5.55. The molecule has 5 nitrogen and oxygen atoms in total. The molecule has 0 aromatic heterocycles. The van der Waals surface area contributed by atoms with Crippen molar-refractivity contribution in [3.05, 3.63) is 35.4 Å². The Bertz CT molecular complexity index is 439. The molecule has 0 spiro atoms. The van der Waals surface area contributed by atoms with Gasteiger partial charge in [0.05, 0.1) is 6.61 Å². The third-order valence-electron chi connectivity index (χ3n) is 3.94. The third kappa shape index (κ3) is 5.46. The van der Waals surface area contributed by atoms with Crippen LogP contribution in [0, 0.1) is 0 Å². The average molecular weight is 292 g/mol. The molecule has 5 heteroatoms. The minimum atomic E-state index is -0.750. The number of carboxylic acid groups (broad SMARTS) is 1. The summed E-state index contributed by atoms with van der Waals surface area (Å²) in [6.45, 7) is 6.02. The maximum absolute atomic E-state index is 10.5. The van der Waals surface area contributed by atoms with Gasteiger partial charge < -0.3 is 10.2 Å². The van der Waals surface area contributed by atoms with Gasteiger partial charge in [-0.3, -0.25) is 14.6 Å². The summed E-state index contributed by atoms with van der Waals surface area (Å²) < 4.78 is 0. The van der Waals surface area contributed by atoms with E-state index >= 15 is 0 Å². The minimum absolute atomic E-state index is 0.187. The van der Waals surface area contributed by atoms with Crippen LogP contribution in [0.15, 0.2) is 24.3 Å². The second kappa shape index (κ2) is 8.12. The summed E-state index contributed by atoms with van der Waals surface area (Å²) in [4.78, 5) is 15.2. The topological polar surface area (TPSA) is 64.0 Å². The van der Waals surface area contributed by atoms with E-state index in [-0.39, 0.29) is 13.0 Å². The Morgan fingerprint density at radius 1 is 1.00 bits per heavy atom. The van der Waals surface area contributed by atoms with Gasteiger partial charge in [-0.15, -0.1) is 0 Å². The van der Waals surface area contributed by atoms with E-state index in [2.05, 4.69) is 21.9 Å². The smallest absolute Gasteiger partial charge is 0.303 e. The predicted molar refractivity (Wildman–Crippen MR) is 81.2 cm³/mol. The molecule has 21 heavy (non-hydrogen) atoms. The number of β-amino-alcohol motifs (C(OH)–C–C–N with tert-alkyl or cyclic N) is 1. The molecule has 0 bridgehead atoms. The minimum Gasteiger partial charge on any atom is -0.481 e. The van der Waals surface area contributed by atoms with Crippen LogP contribution in [0.25, 0.3) is 0 Å². The number of aryl methyl sites for hydroxylation is 1. The summed E-state index contributed by atoms with van der Waals surface area (Å²) in [5, 5.41) is 17.6. The van der Waals surface area contributed by atoms with Crippen molar-refractivity contribution in [1.82, 2.24) is 9.80 Å². The number of carboxylic acids is 1. The average Bonchev–Trinajstić information content (AvgIpc) is 2.49. The van der Waals surface area contributed by atoms with Crippen LogP contribution < -0.4 is 0 Å². The molecule has 1 aliphatic heterocycles. The monoisotopic (exact) mass is 292 g/mol. The first kappa shape index (κ1) is 15.9. The lowest BCUT2D eigenvalue weighted by molar-refractivity contribution is -0.136. The van der Waals surface area contributed by atoms with Gasteiger partial charge in [0, 0.05) is 45.7 Å². The summed E-state index contributed by atoms with van der Waals surface area (Å²) in [6.07, 6.45) is 0.779. The Morgan fingerprint density at radius 3 is 2.14 bits per heavy atom. The van der Waals surface area contributed by atoms with Crippen LogP contribution in [0.3, 0.4) is 0 Å². The maximum atomic E-state index is 10.5. The fourth-order valence-electron chi connectivity index (χ4n) is 2.63. The van der Waals surface area contributed by atoms with Gasteiger partial charge in [0.1, 0.15) is 0 Å². The first-order chi connectivity index (χ1) is 10.2. The first-order valence-corrected chi connectivity index (χ1v) is 7.52. The van der Waals surface area contributed by atoms with E-state index in [0.29, 0.717) is 6.42 Å². The van der Waals surface area contributed by atoms with E-state index in [0.717, 1.165) is 44.8 Å². The maximum Gasteiger partial charge on any atom is 0.303 e. The lowest BCUT2D eigenvalue weighted by Gasteiger charge is -2.34. The first-order valence-electron chi connectivity index (χ1n) is 7.52. The van der Waals surface area contributed by atoms with Gasteiger partial charge in [0.2, 0.25) is 0 Å². The second-order valence-corrected chi connectivity index (χ2v) is 5.55. The number of carbonyl (C=O) groups is 1. The van der Waals surface area contributed by atoms with E-state index in [1.165, 1.54) is 5.56 Å². The molecule has 0 saturated carbocycles. The summed E-state index contributed by atoms with van der Waals surface area (Å²) in [6, 6.07) is 8.25. The highest BCUT2D eigenvalue weighted by atomic mass is 16.4. The van der Waals surface area contributed by atoms with Crippen LogP contribution >= 0.6 is 0 Å². The van der Waals surface area contributed by atoms with Gasteiger partial charge >= 0.3 is 5.97 Å². The lowest BCUT2D eigenvalue weighted by atomic mass is 10.1. The van der Waals surface area contributed by atoms with Gasteiger partial charge in [-0.1, -0.05) is 24.3 Å². The molecule has 1 saturated heterocycles. The highest BCUT2D eigenvalue weighted by molar-refractivity contribution is 5.67. The predicted octanol–water partition coefficient (Wildman–Crippen LogP) is 0.814. The number of nitrogens with zero attached hydrogens (tertiary/aromatic N) is 2. The molecule has 116 valence electrons. The molecule has 0 aliphatic carbocycles. The van der Waals surface area contributed by atoms with Gasteiger partial charge in [-0.05, 0) is 17.5 Å². The number of rotatable bonds is 7. The van der Waals surface area contributed by atoms with E-state index in [9.17, 15) is 4.79 Å². The number of aliphatic hydroxyl groups excluding tert-OH is 1. The lowest BCUT2D eigenvalue weighted by Crippen LogP contribution is -2.46. The Balaban J connectivity index is 1.77. The van der Waals surface area contributed by atoms with Gasteiger partial charge in [-0.2, -0.15) is 0 Å². The van der Waals surface area contributed by atoms with E-state index in [1.54, 1.807) is 0 Å². The Kier molecular flexibility index (Phi) is 6.17. The number of aliphatic carboxylic acids is 1.